The van der Waals surface area contributed by atoms with E-state index in [1.807, 2.05) is 23.7 Å². The molecule has 0 amide bonds. The van der Waals surface area contributed by atoms with E-state index in [9.17, 15) is 0 Å². The summed E-state index contributed by atoms with van der Waals surface area (Å²) in [4.78, 5) is 4.35. The zero-order chi connectivity index (χ0) is 9.10. The second-order valence-corrected chi connectivity index (χ2v) is 4.49. The number of aromatic nitrogens is 1. The van der Waals surface area contributed by atoms with Crippen molar-refractivity contribution in [2.75, 3.05) is 6.26 Å². The molecule has 0 unspecified atom stereocenters. The minimum Gasteiger partial charge on any atom is -0.243 e. The molecule has 3 heteroatoms. The van der Waals surface area contributed by atoms with Crippen molar-refractivity contribution in [3.63, 3.8) is 0 Å². The van der Waals surface area contributed by atoms with E-state index in [1.54, 1.807) is 23.1 Å². The zero-order valence-corrected chi connectivity index (χ0v) is 8.86. The monoisotopic (exact) mass is 207 g/mol. The third-order valence-corrected chi connectivity index (χ3v) is 3.74. The van der Waals surface area contributed by atoms with Crippen molar-refractivity contribution in [3.05, 3.63) is 35.8 Å². The normalized spacial score (nSPS) is 10.2. The number of nitrogens with zero attached hydrogens (tertiary/aromatic N) is 1. The second kappa shape index (κ2) is 3.94. The van der Waals surface area contributed by atoms with Gasteiger partial charge >= 0.3 is 0 Å². The van der Waals surface area contributed by atoms with E-state index in [1.165, 1.54) is 9.77 Å². The standard InChI is InChI=1S/C10H9NS2/c1-12-10-9(11-7-13-10)8-5-3-2-4-6-8/h2-7H,1H3. The SMILES string of the molecule is CSc1scnc1-c1ccccc1. The minimum absolute atomic E-state index is 1.11. The lowest BCUT2D eigenvalue weighted by Crippen LogP contribution is -1.77. The number of rotatable bonds is 2. The van der Waals surface area contributed by atoms with Gasteiger partial charge in [0.15, 0.2) is 0 Å². The fraction of sp³-hybridized carbons (Fsp3) is 0.100. The van der Waals surface area contributed by atoms with Crippen LogP contribution in [0.5, 0.6) is 0 Å². The van der Waals surface area contributed by atoms with Crippen LogP contribution in [0.1, 0.15) is 0 Å². The van der Waals surface area contributed by atoms with E-state index in [4.69, 9.17) is 0 Å². The van der Waals surface area contributed by atoms with Crippen molar-refractivity contribution in [3.8, 4) is 11.3 Å². The van der Waals surface area contributed by atoms with E-state index in [0.717, 1.165) is 5.69 Å². The molecule has 2 aromatic rings. The summed E-state index contributed by atoms with van der Waals surface area (Å²) in [7, 11) is 0. The van der Waals surface area contributed by atoms with E-state index >= 15 is 0 Å². The largest absolute Gasteiger partial charge is 0.243 e. The summed E-state index contributed by atoms with van der Waals surface area (Å²) >= 11 is 3.45. The van der Waals surface area contributed by atoms with Gasteiger partial charge in [0.2, 0.25) is 0 Å². The van der Waals surface area contributed by atoms with Crippen molar-refractivity contribution >= 4 is 23.1 Å². The first-order valence-corrected chi connectivity index (χ1v) is 6.05. The summed E-state index contributed by atoms with van der Waals surface area (Å²) in [5.74, 6) is 0. The Balaban J connectivity index is 2.47. The molecule has 1 heterocycles. The van der Waals surface area contributed by atoms with E-state index in [0.29, 0.717) is 0 Å². The fourth-order valence-corrected chi connectivity index (χ4v) is 2.58. The van der Waals surface area contributed by atoms with E-state index in [2.05, 4.69) is 23.4 Å². The molecule has 0 fully saturated rings. The Bertz CT molecular complexity index is 381. The molecule has 2 rings (SSSR count). The van der Waals surface area contributed by atoms with E-state index < -0.39 is 0 Å². The molecule has 0 aliphatic carbocycles. The molecular weight excluding hydrogens is 198 g/mol. The van der Waals surface area contributed by atoms with Gasteiger partial charge < -0.3 is 0 Å². The summed E-state index contributed by atoms with van der Waals surface area (Å²) in [6, 6.07) is 10.3. The van der Waals surface area contributed by atoms with Crippen LogP contribution >= 0.6 is 23.1 Å². The van der Waals surface area contributed by atoms with Gasteiger partial charge in [-0.3, -0.25) is 0 Å². The molecule has 0 N–H and O–H groups in total. The number of benzene rings is 1. The van der Waals surface area contributed by atoms with Gasteiger partial charge in [0.1, 0.15) is 0 Å². The van der Waals surface area contributed by atoms with Crippen LogP contribution in [0.3, 0.4) is 0 Å². The van der Waals surface area contributed by atoms with Gasteiger partial charge in [-0.1, -0.05) is 30.3 Å². The topological polar surface area (TPSA) is 12.9 Å². The molecule has 1 aromatic carbocycles. The Hall–Kier alpha value is -0.800. The summed E-state index contributed by atoms with van der Waals surface area (Å²) in [5, 5.41) is 0. The quantitative estimate of drug-likeness (QED) is 0.699. The lowest BCUT2D eigenvalue weighted by atomic mass is 10.2. The Morgan fingerprint density at radius 1 is 1.23 bits per heavy atom. The van der Waals surface area contributed by atoms with Gasteiger partial charge in [0.25, 0.3) is 0 Å². The Labute approximate surface area is 85.8 Å². The van der Waals surface area contributed by atoms with Crippen molar-refractivity contribution < 1.29 is 0 Å². The average Bonchev–Trinajstić information content (AvgIpc) is 2.67. The molecule has 0 aliphatic rings. The number of thioether (sulfide) groups is 1. The molecule has 0 spiro atoms. The Morgan fingerprint density at radius 3 is 2.69 bits per heavy atom. The van der Waals surface area contributed by atoms with Crippen LogP contribution in [0, 0.1) is 0 Å². The van der Waals surface area contributed by atoms with Crippen molar-refractivity contribution in [2.24, 2.45) is 0 Å². The van der Waals surface area contributed by atoms with E-state index in [-0.39, 0.29) is 0 Å². The first-order chi connectivity index (χ1) is 6.42. The summed E-state index contributed by atoms with van der Waals surface area (Å²) in [5.41, 5.74) is 4.21. The number of hydrogen-bond donors (Lipinski definition) is 0. The second-order valence-electron chi connectivity index (χ2n) is 2.56. The molecule has 0 bridgehead atoms. The minimum atomic E-state index is 1.11. The molecule has 66 valence electrons. The molecule has 0 radical (unpaired) electrons. The third-order valence-electron chi connectivity index (χ3n) is 1.77. The lowest BCUT2D eigenvalue weighted by Gasteiger charge is -1.98. The highest BCUT2D eigenvalue weighted by Gasteiger charge is 2.05. The molecular formula is C10H9NS2. The predicted octanol–water partition coefficient (Wildman–Crippen LogP) is 3.53. The number of hydrogen-bond acceptors (Lipinski definition) is 3. The maximum atomic E-state index is 4.35. The Morgan fingerprint density at radius 2 is 2.00 bits per heavy atom. The average molecular weight is 207 g/mol. The molecule has 0 saturated heterocycles. The van der Waals surface area contributed by atoms with Gasteiger partial charge in [0.05, 0.1) is 15.4 Å². The highest BCUT2D eigenvalue weighted by Crippen LogP contribution is 2.31. The lowest BCUT2D eigenvalue weighted by molar-refractivity contribution is 1.37. The van der Waals surface area contributed by atoms with Gasteiger partial charge in [-0.25, -0.2) is 4.98 Å². The molecule has 0 aliphatic heterocycles. The van der Waals surface area contributed by atoms with Crippen LogP contribution < -0.4 is 0 Å². The molecule has 1 aromatic heterocycles. The number of thiazole rings is 1. The van der Waals surface area contributed by atoms with Gasteiger partial charge in [-0.05, 0) is 6.26 Å². The third kappa shape index (κ3) is 1.76. The van der Waals surface area contributed by atoms with Gasteiger partial charge in [0, 0.05) is 5.56 Å². The van der Waals surface area contributed by atoms with Crippen LogP contribution in [0.25, 0.3) is 11.3 Å². The first-order valence-electron chi connectivity index (χ1n) is 3.94. The van der Waals surface area contributed by atoms with Gasteiger partial charge in [-0.15, -0.1) is 23.1 Å². The summed E-state index contributed by atoms with van der Waals surface area (Å²) < 4.78 is 1.28. The van der Waals surface area contributed by atoms with Crippen LogP contribution in [-0.2, 0) is 0 Å². The van der Waals surface area contributed by atoms with Crippen LogP contribution in [0.15, 0.2) is 40.1 Å². The summed E-state index contributed by atoms with van der Waals surface area (Å²) in [6.07, 6.45) is 2.08. The first kappa shape index (κ1) is 8.78. The molecule has 0 saturated carbocycles. The highest BCUT2D eigenvalue weighted by atomic mass is 32.2. The smallest absolute Gasteiger partial charge is 0.0948 e. The fourth-order valence-electron chi connectivity index (χ4n) is 1.17. The van der Waals surface area contributed by atoms with Crippen molar-refractivity contribution in [1.29, 1.82) is 0 Å². The molecule has 1 nitrogen and oxygen atoms in total. The predicted molar refractivity (Wildman–Crippen MR) is 59.3 cm³/mol. The Kier molecular flexibility index (Phi) is 2.66. The van der Waals surface area contributed by atoms with Crippen LogP contribution in [-0.4, -0.2) is 11.2 Å². The van der Waals surface area contributed by atoms with Crippen molar-refractivity contribution in [2.45, 2.75) is 4.21 Å². The van der Waals surface area contributed by atoms with Gasteiger partial charge in [-0.2, -0.15) is 0 Å². The summed E-state index contributed by atoms with van der Waals surface area (Å²) in [6.45, 7) is 0. The zero-order valence-electron chi connectivity index (χ0n) is 7.23. The van der Waals surface area contributed by atoms with Crippen LogP contribution in [0.2, 0.25) is 0 Å². The molecule has 0 atom stereocenters. The van der Waals surface area contributed by atoms with Crippen LogP contribution in [0.4, 0.5) is 0 Å². The molecule has 13 heavy (non-hydrogen) atoms. The maximum Gasteiger partial charge on any atom is 0.0948 e. The highest BCUT2D eigenvalue weighted by molar-refractivity contribution is 8.00. The maximum absolute atomic E-state index is 4.35. The van der Waals surface area contributed by atoms with Crippen molar-refractivity contribution in [1.82, 2.24) is 4.98 Å².